The maximum absolute atomic E-state index is 14.1. The van der Waals surface area contributed by atoms with Crippen LogP contribution in [0.15, 0.2) is 24.3 Å². The Bertz CT molecular complexity index is 730. The van der Waals surface area contributed by atoms with Crippen LogP contribution in [-0.2, 0) is 6.42 Å². The Labute approximate surface area is 140 Å². The van der Waals surface area contributed by atoms with E-state index in [9.17, 15) is 9.18 Å². The molecule has 3 rings (SSSR count). The number of hydrogen-bond donors (Lipinski definition) is 1. The summed E-state index contributed by atoms with van der Waals surface area (Å²) in [5.74, 6) is 0.162. The topological polar surface area (TPSA) is 63.1 Å². The van der Waals surface area contributed by atoms with E-state index in [1.165, 1.54) is 10.7 Å². The number of hydrogen-bond acceptors (Lipinski definition) is 4. The molecular weight excluding hydrogens is 309 g/mol. The second kappa shape index (κ2) is 7.09. The Kier molecular flexibility index (Phi) is 4.89. The number of aromatic nitrogens is 3. The quantitative estimate of drug-likeness (QED) is 0.928. The molecule has 1 fully saturated rings. The van der Waals surface area contributed by atoms with Crippen molar-refractivity contribution >= 4 is 5.91 Å². The normalized spacial score (nSPS) is 18.0. The smallest absolute Gasteiger partial charge is 0.293 e. The van der Waals surface area contributed by atoms with E-state index >= 15 is 0 Å². The summed E-state index contributed by atoms with van der Waals surface area (Å²) in [7, 11) is 0. The van der Waals surface area contributed by atoms with Gasteiger partial charge in [-0.1, -0.05) is 19.1 Å². The lowest BCUT2D eigenvalue weighted by molar-refractivity contribution is 0.0643. The third kappa shape index (κ3) is 3.17. The highest BCUT2D eigenvalue weighted by atomic mass is 19.1. The van der Waals surface area contributed by atoms with Crippen molar-refractivity contribution in [3.8, 4) is 5.69 Å². The Morgan fingerprint density at radius 2 is 2.21 bits per heavy atom. The highest BCUT2D eigenvalue weighted by Crippen LogP contribution is 2.16. The molecule has 24 heavy (non-hydrogen) atoms. The summed E-state index contributed by atoms with van der Waals surface area (Å²) in [5, 5.41) is 7.57. The zero-order chi connectivity index (χ0) is 17.1. The standard InChI is InChI=1S/C17H22FN5O/c1-3-6-15-20-16(17(24)22-10-9-19-11-12(22)2)21-23(15)14-8-5-4-7-13(14)18/h4-5,7-8,12,19H,3,6,9-11H2,1-2H3/t12-/m1/s1. The number of rotatable bonds is 4. The second-order valence-corrected chi connectivity index (χ2v) is 6.02. The van der Waals surface area contributed by atoms with E-state index in [0.29, 0.717) is 24.5 Å². The summed E-state index contributed by atoms with van der Waals surface area (Å²) in [6.45, 7) is 6.13. The van der Waals surface area contributed by atoms with Gasteiger partial charge in [0.25, 0.3) is 5.91 Å². The van der Waals surface area contributed by atoms with Crippen molar-refractivity contribution in [2.24, 2.45) is 0 Å². The fraction of sp³-hybridized carbons (Fsp3) is 0.471. The van der Waals surface area contributed by atoms with Crippen molar-refractivity contribution < 1.29 is 9.18 Å². The lowest BCUT2D eigenvalue weighted by Crippen LogP contribution is -2.52. The molecule has 1 aromatic carbocycles. The molecule has 0 spiro atoms. The minimum absolute atomic E-state index is 0.0845. The molecule has 2 heterocycles. The van der Waals surface area contributed by atoms with E-state index in [2.05, 4.69) is 15.4 Å². The summed E-state index contributed by atoms with van der Waals surface area (Å²) in [6.07, 6.45) is 1.47. The Balaban J connectivity index is 1.97. The molecule has 1 amide bonds. The summed E-state index contributed by atoms with van der Waals surface area (Å²) < 4.78 is 15.6. The molecule has 2 aromatic rings. The molecule has 1 N–H and O–H groups in total. The van der Waals surface area contributed by atoms with E-state index in [1.807, 2.05) is 13.8 Å². The van der Waals surface area contributed by atoms with Gasteiger partial charge in [-0.25, -0.2) is 14.1 Å². The maximum atomic E-state index is 14.1. The number of para-hydroxylation sites is 1. The van der Waals surface area contributed by atoms with Gasteiger partial charge in [-0.3, -0.25) is 4.79 Å². The van der Waals surface area contributed by atoms with E-state index in [1.54, 1.807) is 23.1 Å². The van der Waals surface area contributed by atoms with Crippen LogP contribution in [0, 0.1) is 5.82 Å². The molecule has 0 saturated carbocycles. The summed E-state index contributed by atoms with van der Waals surface area (Å²) >= 11 is 0. The first-order chi connectivity index (χ1) is 11.6. The Hall–Kier alpha value is -2.28. The van der Waals surface area contributed by atoms with Gasteiger partial charge in [0.2, 0.25) is 5.82 Å². The molecule has 1 atom stereocenters. The average molecular weight is 331 g/mol. The molecule has 1 aliphatic rings. The molecule has 128 valence electrons. The molecule has 0 bridgehead atoms. The molecular formula is C17H22FN5O. The average Bonchev–Trinajstić information content (AvgIpc) is 2.99. The number of nitrogens with one attached hydrogen (secondary N) is 1. The van der Waals surface area contributed by atoms with E-state index in [-0.39, 0.29) is 23.6 Å². The predicted octanol–water partition coefficient (Wildman–Crippen LogP) is 1.79. The lowest BCUT2D eigenvalue weighted by Gasteiger charge is -2.33. The van der Waals surface area contributed by atoms with Crippen LogP contribution in [0.1, 0.15) is 36.7 Å². The van der Waals surface area contributed by atoms with Gasteiger partial charge in [0.05, 0.1) is 0 Å². The first-order valence-electron chi connectivity index (χ1n) is 8.34. The fourth-order valence-electron chi connectivity index (χ4n) is 2.91. The maximum Gasteiger partial charge on any atom is 0.293 e. The molecule has 6 nitrogen and oxygen atoms in total. The van der Waals surface area contributed by atoms with E-state index in [0.717, 1.165) is 19.5 Å². The Morgan fingerprint density at radius 3 is 2.92 bits per heavy atom. The zero-order valence-electron chi connectivity index (χ0n) is 14.0. The van der Waals surface area contributed by atoms with Crippen LogP contribution < -0.4 is 5.32 Å². The minimum Gasteiger partial charge on any atom is -0.331 e. The van der Waals surface area contributed by atoms with Gasteiger partial charge < -0.3 is 10.2 Å². The van der Waals surface area contributed by atoms with Gasteiger partial charge in [0, 0.05) is 32.1 Å². The van der Waals surface area contributed by atoms with Gasteiger partial charge in [-0.15, -0.1) is 5.10 Å². The molecule has 0 unspecified atom stereocenters. The van der Waals surface area contributed by atoms with Gasteiger partial charge >= 0.3 is 0 Å². The van der Waals surface area contributed by atoms with Crippen LogP contribution in [0.5, 0.6) is 0 Å². The van der Waals surface area contributed by atoms with Crippen molar-refractivity contribution in [1.82, 2.24) is 25.0 Å². The number of halogens is 1. The zero-order valence-corrected chi connectivity index (χ0v) is 14.0. The van der Waals surface area contributed by atoms with Crippen LogP contribution in [0.4, 0.5) is 4.39 Å². The van der Waals surface area contributed by atoms with E-state index < -0.39 is 0 Å². The number of carbonyl (C=O) groups excluding carboxylic acids is 1. The largest absolute Gasteiger partial charge is 0.331 e. The first-order valence-corrected chi connectivity index (χ1v) is 8.34. The van der Waals surface area contributed by atoms with Crippen LogP contribution in [-0.4, -0.2) is 51.2 Å². The van der Waals surface area contributed by atoms with Crippen molar-refractivity contribution in [2.45, 2.75) is 32.7 Å². The fourth-order valence-corrected chi connectivity index (χ4v) is 2.91. The third-order valence-corrected chi connectivity index (χ3v) is 4.18. The highest BCUT2D eigenvalue weighted by Gasteiger charge is 2.28. The monoisotopic (exact) mass is 331 g/mol. The summed E-state index contributed by atoms with van der Waals surface area (Å²) in [5.41, 5.74) is 0.320. The van der Waals surface area contributed by atoms with Crippen molar-refractivity contribution in [1.29, 1.82) is 0 Å². The number of benzene rings is 1. The molecule has 1 aromatic heterocycles. The SMILES string of the molecule is CCCc1nc(C(=O)N2CCNC[C@H]2C)nn1-c1ccccc1F. The third-order valence-electron chi connectivity index (χ3n) is 4.18. The van der Waals surface area contributed by atoms with E-state index in [4.69, 9.17) is 0 Å². The first kappa shape index (κ1) is 16.6. The molecule has 1 saturated heterocycles. The lowest BCUT2D eigenvalue weighted by atomic mass is 10.2. The van der Waals surface area contributed by atoms with Gasteiger partial charge in [0.1, 0.15) is 17.3 Å². The summed E-state index contributed by atoms with van der Waals surface area (Å²) in [4.78, 5) is 18.9. The van der Waals surface area contributed by atoms with Crippen molar-refractivity contribution in [3.05, 3.63) is 41.7 Å². The van der Waals surface area contributed by atoms with Crippen LogP contribution in [0.25, 0.3) is 5.69 Å². The number of piperazine rings is 1. The molecule has 7 heteroatoms. The van der Waals surface area contributed by atoms with Gasteiger partial charge in [-0.2, -0.15) is 0 Å². The number of aryl methyl sites for hydroxylation is 1. The van der Waals surface area contributed by atoms with Crippen molar-refractivity contribution in [3.63, 3.8) is 0 Å². The second-order valence-electron chi connectivity index (χ2n) is 6.02. The number of amides is 1. The minimum atomic E-state index is -0.380. The Morgan fingerprint density at radius 1 is 1.42 bits per heavy atom. The molecule has 0 aliphatic carbocycles. The van der Waals surface area contributed by atoms with Crippen LogP contribution in [0.2, 0.25) is 0 Å². The van der Waals surface area contributed by atoms with Crippen molar-refractivity contribution in [2.75, 3.05) is 19.6 Å². The van der Waals surface area contributed by atoms with Gasteiger partial charge in [0.15, 0.2) is 0 Å². The number of carbonyl (C=O) groups is 1. The molecule has 0 radical (unpaired) electrons. The van der Waals surface area contributed by atoms with Crippen LogP contribution in [0.3, 0.4) is 0 Å². The predicted molar refractivity (Wildman–Crippen MR) is 88.7 cm³/mol. The molecule has 1 aliphatic heterocycles. The number of nitrogens with zero attached hydrogens (tertiary/aromatic N) is 4. The highest BCUT2D eigenvalue weighted by molar-refractivity contribution is 5.90. The summed E-state index contributed by atoms with van der Waals surface area (Å²) in [6, 6.07) is 6.48. The van der Waals surface area contributed by atoms with Crippen LogP contribution >= 0.6 is 0 Å². The van der Waals surface area contributed by atoms with Gasteiger partial charge in [-0.05, 0) is 25.5 Å².